The lowest BCUT2D eigenvalue weighted by atomic mass is 10.4. The first-order valence-corrected chi connectivity index (χ1v) is 3.67. The number of nitrogens with one attached hydrogen (secondary N) is 1. The predicted molar refractivity (Wildman–Crippen MR) is 44.2 cm³/mol. The molecule has 0 radical (unpaired) electrons. The molecule has 0 aliphatic heterocycles. The average molecular weight is 171 g/mol. The van der Waals surface area contributed by atoms with Gasteiger partial charge in [0.1, 0.15) is 0 Å². The zero-order valence-electron chi connectivity index (χ0n) is 7.35. The summed E-state index contributed by atoms with van der Waals surface area (Å²) in [5.74, 6) is -0.643. The van der Waals surface area contributed by atoms with Crippen molar-refractivity contribution < 1.29 is 14.3 Å². The third kappa shape index (κ3) is 4.49. The van der Waals surface area contributed by atoms with Crippen LogP contribution >= 0.6 is 0 Å². The summed E-state index contributed by atoms with van der Waals surface area (Å²) >= 11 is 0. The molecule has 0 atom stereocenters. The van der Waals surface area contributed by atoms with Gasteiger partial charge in [0, 0.05) is 12.0 Å². The Kier molecular flexibility index (Phi) is 4.76. The number of rotatable bonds is 4. The number of amides is 1. The third-order valence-corrected chi connectivity index (χ3v) is 1.14. The molecule has 0 aliphatic rings. The van der Waals surface area contributed by atoms with E-state index < -0.39 is 5.97 Å². The van der Waals surface area contributed by atoms with Crippen molar-refractivity contribution in [3.8, 4) is 0 Å². The number of carbonyl (C=O) groups excluding carboxylic acids is 2. The van der Waals surface area contributed by atoms with Crippen LogP contribution in [0.15, 0.2) is 12.2 Å². The quantitative estimate of drug-likeness (QED) is 0.382. The highest BCUT2D eigenvalue weighted by Crippen LogP contribution is 1.89. The van der Waals surface area contributed by atoms with E-state index in [9.17, 15) is 9.59 Å². The van der Waals surface area contributed by atoms with Gasteiger partial charge < -0.3 is 10.1 Å². The van der Waals surface area contributed by atoms with E-state index in [-0.39, 0.29) is 12.6 Å². The zero-order chi connectivity index (χ0) is 9.56. The summed E-state index contributed by atoms with van der Waals surface area (Å²) in [4.78, 5) is 21.4. The molecule has 0 aromatic rings. The van der Waals surface area contributed by atoms with Crippen LogP contribution in [0.1, 0.15) is 20.3 Å². The van der Waals surface area contributed by atoms with E-state index in [1.165, 1.54) is 0 Å². The summed E-state index contributed by atoms with van der Waals surface area (Å²) in [6.45, 7) is 6.56. The van der Waals surface area contributed by atoms with Crippen LogP contribution in [0.5, 0.6) is 0 Å². The number of carbonyl (C=O) groups is 2. The van der Waals surface area contributed by atoms with Crippen LogP contribution in [0, 0.1) is 0 Å². The highest BCUT2D eigenvalue weighted by molar-refractivity contribution is 5.87. The van der Waals surface area contributed by atoms with Crippen LogP contribution in [0.25, 0.3) is 0 Å². The van der Waals surface area contributed by atoms with Gasteiger partial charge in [-0.3, -0.25) is 4.79 Å². The Hall–Kier alpha value is -1.32. The van der Waals surface area contributed by atoms with Gasteiger partial charge >= 0.3 is 5.97 Å². The smallest absolute Gasteiger partial charge is 0.334 e. The second kappa shape index (κ2) is 5.35. The van der Waals surface area contributed by atoms with Crippen molar-refractivity contribution in [3.63, 3.8) is 0 Å². The van der Waals surface area contributed by atoms with E-state index in [2.05, 4.69) is 16.6 Å². The molecule has 0 aliphatic carbocycles. The molecule has 4 heteroatoms. The van der Waals surface area contributed by atoms with Crippen molar-refractivity contribution in [2.75, 3.05) is 6.73 Å². The first-order chi connectivity index (χ1) is 5.57. The molecular formula is C8H13NO3. The van der Waals surface area contributed by atoms with Gasteiger partial charge in [-0.25, -0.2) is 4.79 Å². The van der Waals surface area contributed by atoms with Gasteiger partial charge in [0.15, 0.2) is 6.73 Å². The van der Waals surface area contributed by atoms with E-state index in [0.29, 0.717) is 12.0 Å². The Labute approximate surface area is 71.6 Å². The second-order valence-corrected chi connectivity index (χ2v) is 2.31. The molecule has 1 N–H and O–H groups in total. The lowest BCUT2D eigenvalue weighted by molar-refractivity contribution is -0.140. The maximum Gasteiger partial charge on any atom is 0.334 e. The van der Waals surface area contributed by atoms with E-state index in [1.807, 2.05) is 0 Å². The number of hydrogen-bond acceptors (Lipinski definition) is 3. The monoisotopic (exact) mass is 171 g/mol. The molecule has 12 heavy (non-hydrogen) atoms. The normalized spacial score (nSPS) is 8.83. The van der Waals surface area contributed by atoms with Gasteiger partial charge in [0.25, 0.3) is 0 Å². The summed E-state index contributed by atoms with van der Waals surface area (Å²) in [5.41, 5.74) is 0.320. The fraction of sp³-hybridized carbons (Fsp3) is 0.500. The van der Waals surface area contributed by atoms with Crippen molar-refractivity contribution in [1.29, 1.82) is 0 Å². The fourth-order valence-electron chi connectivity index (χ4n) is 0.430. The SMILES string of the molecule is C=C(C)C(=O)OCNC(=O)CC. The predicted octanol–water partition coefficient (Wildman–Crippen LogP) is 0.589. The molecule has 4 nitrogen and oxygen atoms in total. The Morgan fingerprint density at radius 3 is 2.50 bits per heavy atom. The Bertz CT molecular complexity index is 198. The highest BCUT2D eigenvalue weighted by Gasteiger charge is 2.02. The molecule has 1 amide bonds. The first kappa shape index (κ1) is 10.7. The Morgan fingerprint density at radius 1 is 1.50 bits per heavy atom. The van der Waals surface area contributed by atoms with Crippen LogP contribution in [0.4, 0.5) is 0 Å². The molecule has 68 valence electrons. The highest BCUT2D eigenvalue weighted by atomic mass is 16.5. The Morgan fingerprint density at radius 2 is 2.08 bits per heavy atom. The zero-order valence-corrected chi connectivity index (χ0v) is 7.35. The molecule has 0 fully saturated rings. The molecule has 0 heterocycles. The lowest BCUT2D eigenvalue weighted by Gasteiger charge is -2.04. The van der Waals surface area contributed by atoms with E-state index in [0.717, 1.165) is 0 Å². The molecular weight excluding hydrogens is 158 g/mol. The van der Waals surface area contributed by atoms with E-state index in [1.54, 1.807) is 13.8 Å². The number of esters is 1. The standard InChI is InChI=1S/C8H13NO3/c1-4-7(10)9-5-12-8(11)6(2)3/h2,4-5H2,1,3H3,(H,9,10). The molecule has 0 saturated heterocycles. The van der Waals surface area contributed by atoms with Crippen molar-refractivity contribution in [2.45, 2.75) is 20.3 Å². The molecule has 0 saturated carbocycles. The maximum atomic E-state index is 10.7. The maximum absolute atomic E-state index is 10.7. The van der Waals surface area contributed by atoms with Crippen molar-refractivity contribution in [3.05, 3.63) is 12.2 Å². The topological polar surface area (TPSA) is 55.4 Å². The van der Waals surface area contributed by atoms with E-state index >= 15 is 0 Å². The lowest BCUT2D eigenvalue weighted by Crippen LogP contribution is -2.26. The summed E-state index contributed by atoms with van der Waals surface area (Å²) in [7, 11) is 0. The minimum Gasteiger partial charge on any atom is -0.441 e. The fourth-order valence-corrected chi connectivity index (χ4v) is 0.430. The molecule has 0 unspecified atom stereocenters. The number of ether oxygens (including phenoxy) is 1. The molecule has 0 spiro atoms. The second-order valence-electron chi connectivity index (χ2n) is 2.31. The van der Waals surface area contributed by atoms with Crippen LogP contribution in [0.3, 0.4) is 0 Å². The number of hydrogen-bond donors (Lipinski definition) is 1. The first-order valence-electron chi connectivity index (χ1n) is 3.67. The summed E-state index contributed by atoms with van der Waals surface area (Å²) < 4.78 is 4.61. The van der Waals surface area contributed by atoms with Gasteiger partial charge in [0.05, 0.1) is 0 Å². The van der Waals surface area contributed by atoms with Crippen LogP contribution in [0.2, 0.25) is 0 Å². The summed E-state index contributed by atoms with van der Waals surface area (Å²) in [6.07, 6.45) is 0.380. The van der Waals surface area contributed by atoms with Crippen LogP contribution in [-0.2, 0) is 14.3 Å². The third-order valence-electron chi connectivity index (χ3n) is 1.14. The van der Waals surface area contributed by atoms with E-state index in [4.69, 9.17) is 0 Å². The van der Waals surface area contributed by atoms with Gasteiger partial charge in [-0.15, -0.1) is 0 Å². The van der Waals surface area contributed by atoms with Crippen LogP contribution < -0.4 is 5.32 Å². The summed E-state index contributed by atoms with van der Waals surface area (Å²) in [6, 6.07) is 0. The molecule has 0 bridgehead atoms. The van der Waals surface area contributed by atoms with Crippen molar-refractivity contribution >= 4 is 11.9 Å². The average Bonchev–Trinajstić information content (AvgIpc) is 2.03. The van der Waals surface area contributed by atoms with Gasteiger partial charge in [-0.2, -0.15) is 0 Å². The summed E-state index contributed by atoms with van der Waals surface area (Å²) in [5, 5.41) is 2.40. The minimum atomic E-state index is -0.494. The largest absolute Gasteiger partial charge is 0.441 e. The molecule has 0 rings (SSSR count). The van der Waals surface area contributed by atoms with Gasteiger partial charge in [-0.1, -0.05) is 13.5 Å². The Balaban J connectivity index is 3.50. The van der Waals surface area contributed by atoms with Gasteiger partial charge in [-0.05, 0) is 6.92 Å². The molecule has 0 aromatic carbocycles. The molecule has 0 aromatic heterocycles. The van der Waals surface area contributed by atoms with Crippen molar-refractivity contribution in [2.24, 2.45) is 0 Å². The minimum absolute atomic E-state index is 0.0850. The van der Waals surface area contributed by atoms with Gasteiger partial charge in [0.2, 0.25) is 5.91 Å². The van der Waals surface area contributed by atoms with Crippen LogP contribution in [-0.4, -0.2) is 18.6 Å². The van der Waals surface area contributed by atoms with Crippen molar-refractivity contribution in [1.82, 2.24) is 5.32 Å².